The van der Waals surface area contributed by atoms with Crippen molar-refractivity contribution in [1.82, 2.24) is 9.78 Å². The molecule has 0 atom stereocenters. The number of fused-ring (bicyclic) bond motifs is 1. The number of nitro benzene ring substituents is 1. The zero-order valence-electron chi connectivity index (χ0n) is 15.0. The van der Waals surface area contributed by atoms with E-state index in [-0.39, 0.29) is 29.0 Å². The number of sulfone groups is 1. The zero-order chi connectivity index (χ0) is 19.8. The predicted molar refractivity (Wildman–Crippen MR) is 99.2 cm³/mol. The Hall–Kier alpha value is -2.75. The quantitative estimate of drug-likeness (QED) is 0.595. The molecule has 0 saturated heterocycles. The van der Waals surface area contributed by atoms with Crippen molar-refractivity contribution in [2.45, 2.75) is 38.2 Å². The Kier molecular flexibility index (Phi) is 5.01. The number of carbonyl (C=O) groups is 1. The van der Waals surface area contributed by atoms with Crippen molar-refractivity contribution >= 4 is 27.2 Å². The third-order valence-electron chi connectivity index (χ3n) is 4.69. The van der Waals surface area contributed by atoms with E-state index in [4.69, 9.17) is 0 Å². The van der Waals surface area contributed by atoms with Gasteiger partial charge in [0.05, 0.1) is 27.8 Å². The summed E-state index contributed by atoms with van der Waals surface area (Å²) in [6.45, 7) is 3.83. The molecule has 0 spiro atoms. The van der Waals surface area contributed by atoms with Crippen LogP contribution >= 0.6 is 0 Å². The molecule has 0 bridgehead atoms. The number of benzene rings is 1. The standard InChI is InChI=1S/C17H20N4O5S/c1-3-11(4-2)17(22)18-16-14-9-27(25,26)10-15(14)19-20(16)12-5-7-13(8-6-12)21(23)24/h5-8,11H,3-4,9-10H2,1-2H3,(H,18,22). The molecule has 2 aromatic rings. The summed E-state index contributed by atoms with van der Waals surface area (Å²) in [6, 6.07) is 5.71. The Morgan fingerprint density at radius 3 is 2.44 bits per heavy atom. The Morgan fingerprint density at radius 2 is 1.89 bits per heavy atom. The maximum Gasteiger partial charge on any atom is 0.269 e. The number of hydrogen-bond acceptors (Lipinski definition) is 6. The lowest BCUT2D eigenvalue weighted by Crippen LogP contribution is -2.24. The number of rotatable bonds is 6. The van der Waals surface area contributed by atoms with Gasteiger partial charge < -0.3 is 5.32 Å². The molecule has 1 aliphatic rings. The van der Waals surface area contributed by atoms with Crippen molar-refractivity contribution in [2.75, 3.05) is 5.32 Å². The Balaban J connectivity index is 2.04. The van der Waals surface area contributed by atoms with E-state index in [9.17, 15) is 23.3 Å². The fourth-order valence-corrected chi connectivity index (χ4v) is 4.65. The first-order valence-electron chi connectivity index (χ1n) is 8.62. The molecule has 27 heavy (non-hydrogen) atoms. The molecule has 3 rings (SSSR count). The van der Waals surface area contributed by atoms with Crippen molar-refractivity contribution in [1.29, 1.82) is 0 Å². The van der Waals surface area contributed by atoms with Crippen LogP contribution in [0.3, 0.4) is 0 Å². The maximum atomic E-state index is 12.6. The molecule has 0 unspecified atom stereocenters. The van der Waals surface area contributed by atoms with Crippen LogP contribution in [0.4, 0.5) is 11.5 Å². The number of nitrogens with zero attached hydrogens (tertiary/aromatic N) is 3. The largest absolute Gasteiger partial charge is 0.310 e. The van der Waals surface area contributed by atoms with E-state index in [0.717, 1.165) is 0 Å². The molecule has 1 amide bonds. The summed E-state index contributed by atoms with van der Waals surface area (Å²) >= 11 is 0. The monoisotopic (exact) mass is 392 g/mol. The van der Waals surface area contributed by atoms with Crippen LogP contribution in [0, 0.1) is 16.0 Å². The molecule has 0 aliphatic carbocycles. The lowest BCUT2D eigenvalue weighted by Gasteiger charge is -2.15. The second-order valence-electron chi connectivity index (χ2n) is 6.49. The van der Waals surface area contributed by atoms with Gasteiger partial charge in [0.2, 0.25) is 5.91 Å². The predicted octanol–water partition coefficient (Wildman–Crippen LogP) is 2.58. The fraction of sp³-hybridized carbons (Fsp3) is 0.412. The minimum absolute atomic E-state index is 0.0661. The highest BCUT2D eigenvalue weighted by molar-refractivity contribution is 7.90. The summed E-state index contributed by atoms with van der Waals surface area (Å²) in [6.07, 6.45) is 1.32. The van der Waals surface area contributed by atoms with Crippen LogP contribution in [-0.4, -0.2) is 29.0 Å². The van der Waals surface area contributed by atoms with Gasteiger partial charge in [-0.2, -0.15) is 5.10 Å². The van der Waals surface area contributed by atoms with Crippen LogP contribution < -0.4 is 5.32 Å². The first kappa shape index (κ1) is 19.0. The van der Waals surface area contributed by atoms with Crippen molar-refractivity contribution in [2.24, 2.45) is 5.92 Å². The summed E-state index contributed by atoms with van der Waals surface area (Å²) in [7, 11) is -3.29. The zero-order valence-corrected chi connectivity index (χ0v) is 15.8. The van der Waals surface area contributed by atoms with Crippen LogP contribution in [0.5, 0.6) is 0 Å². The van der Waals surface area contributed by atoms with E-state index in [2.05, 4.69) is 10.4 Å². The van der Waals surface area contributed by atoms with Crippen LogP contribution in [-0.2, 0) is 26.1 Å². The molecule has 9 nitrogen and oxygen atoms in total. The summed E-state index contributed by atoms with van der Waals surface area (Å²) < 4.78 is 25.4. The van der Waals surface area contributed by atoms with Crippen LogP contribution in [0.1, 0.15) is 37.9 Å². The molecule has 1 aromatic carbocycles. The lowest BCUT2D eigenvalue weighted by molar-refractivity contribution is -0.384. The molecule has 0 fully saturated rings. The number of nitrogens with one attached hydrogen (secondary N) is 1. The van der Waals surface area contributed by atoms with Gasteiger partial charge in [-0.3, -0.25) is 14.9 Å². The van der Waals surface area contributed by atoms with Gasteiger partial charge in [0.25, 0.3) is 5.69 Å². The van der Waals surface area contributed by atoms with Crippen molar-refractivity contribution < 1.29 is 18.1 Å². The van der Waals surface area contributed by atoms with Gasteiger partial charge in [-0.25, -0.2) is 13.1 Å². The fourth-order valence-electron chi connectivity index (χ4n) is 3.15. The van der Waals surface area contributed by atoms with Crippen molar-refractivity contribution in [3.63, 3.8) is 0 Å². The normalized spacial score (nSPS) is 14.9. The number of aromatic nitrogens is 2. The number of amides is 1. The Morgan fingerprint density at radius 1 is 1.26 bits per heavy atom. The minimum atomic E-state index is -3.29. The number of anilines is 1. The van der Waals surface area contributed by atoms with Gasteiger partial charge in [-0.1, -0.05) is 13.8 Å². The number of carbonyl (C=O) groups excluding carboxylic acids is 1. The van der Waals surface area contributed by atoms with E-state index in [1.165, 1.54) is 28.9 Å². The molecular formula is C17H20N4O5S. The highest BCUT2D eigenvalue weighted by Crippen LogP contribution is 2.33. The molecule has 1 aliphatic heterocycles. The van der Waals surface area contributed by atoms with E-state index in [1.54, 1.807) is 0 Å². The summed E-state index contributed by atoms with van der Waals surface area (Å²) in [5.41, 5.74) is 1.32. The first-order chi connectivity index (χ1) is 12.8. The van der Waals surface area contributed by atoms with Gasteiger partial charge in [0, 0.05) is 23.6 Å². The van der Waals surface area contributed by atoms with Gasteiger partial charge in [-0.15, -0.1) is 0 Å². The third-order valence-corrected chi connectivity index (χ3v) is 6.13. The summed E-state index contributed by atoms with van der Waals surface area (Å²) in [4.78, 5) is 22.9. The molecule has 0 saturated carbocycles. The number of nitro groups is 1. The van der Waals surface area contributed by atoms with Gasteiger partial charge in [0.1, 0.15) is 5.82 Å². The number of non-ortho nitro benzene ring substituents is 1. The van der Waals surface area contributed by atoms with E-state index in [0.29, 0.717) is 35.6 Å². The smallest absolute Gasteiger partial charge is 0.269 e. The maximum absolute atomic E-state index is 12.6. The Labute approximate surface area is 156 Å². The highest BCUT2D eigenvalue weighted by Gasteiger charge is 2.33. The van der Waals surface area contributed by atoms with E-state index < -0.39 is 14.8 Å². The molecular weight excluding hydrogens is 372 g/mol. The average Bonchev–Trinajstić information content (AvgIpc) is 3.09. The van der Waals surface area contributed by atoms with E-state index >= 15 is 0 Å². The topological polar surface area (TPSA) is 124 Å². The molecule has 0 radical (unpaired) electrons. The van der Waals surface area contributed by atoms with Crippen molar-refractivity contribution in [3.05, 3.63) is 45.6 Å². The third kappa shape index (κ3) is 3.70. The lowest BCUT2D eigenvalue weighted by atomic mass is 10.0. The van der Waals surface area contributed by atoms with Crippen LogP contribution in [0.15, 0.2) is 24.3 Å². The highest BCUT2D eigenvalue weighted by atomic mass is 32.2. The second-order valence-corrected chi connectivity index (χ2v) is 8.56. The minimum Gasteiger partial charge on any atom is -0.310 e. The van der Waals surface area contributed by atoms with E-state index in [1.807, 2.05) is 13.8 Å². The molecule has 2 heterocycles. The second kappa shape index (κ2) is 7.10. The number of hydrogen-bond donors (Lipinski definition) is 1. The van der Waals surface area contributed by atoms with Crippen LogP contribution in [0.2, 0.25) is 0 Å². The van der Waals surface area contributed by atoms with Crippen molar-refractivity contribution in [3.8, 4) is 5.69 Å². The van der Waals surface area contributed by atoms with Gasteiger partial charge in [-0.05, 0) is 25.0 Å². The molecule has 1 N–H and O–H groups in total. The summed E-state index contributed by atoms with van der Waals surface area (Å²) in [5.74, 6) is -0.449. The molecule has 144 valence electrons. The average molecular weight is 392 g/mol. The van der Waals surface area contributed by atoms with Crippen LogP contribution in [0.25, 0.3) is 5.69 Å². The van der Waals surface area contributed by atoms with Gasteiger partial charge in [0.15, 0.2) is 9.84 Å². The summed E-state index contributed by atoms with van der Waals surface area (Å²) in [5, 5.41) is 18.0. The molecule has 10 heteroatoms. The SMILES string of the molecule is CCC(CC)C(=O)Nc1c2c(nn1-c1ccc([N+](=O)[O-])cc1)CS(=O)(=O)C2. The Bertz CT molecular complexity index is 991. The first-order valence-corrected chi connectivity index (χ1v) is 10.4. The van der Waals surface area contributed by atoms with Gasteiger partial charge >= 0.3 is 0 Å². The molecule has 1 aromatic heterocycles.